The van der Waals surface area contributed by atoms with E-state index in [0.29, 0.717) is 16.7 Å². The van der Waals surface area contributed by atoms with Crippen LogP contribution in [0.5, 0.6) is 0 Å². The predicted octanol–water partition coefficient (Wildman–Crippen LogP) is 5.50. The summed E-state index contributed by atoms with van der Waals surface area (Å²) in [7, 11) is -3.48. The van der Waals surface area contributed by atoms with Gasteiger partial charge in [0.1, 0.15) is 0 Å². The van der Waals surface area contributed by atoms with E-state index >= 15 is 0 Å². The molecule has 0 atom stereocenters. The first-order chi connectivity index (χ1) is 16.1. The van der Waals surface area contributed by atoms with Gasteiger partial charge in [-0.15, -0.1) is 0 Å². The number of hydrogen-bond acceptors (Lipinski definition) is 6. The smallest absolute Gasteiger partial charge is 0.228 e. The normalized spacial score (nSPS) is 11.9. The molecule has 34 heavy (non-hydrogen) atoms. The number of carbonyl (C=O) groups is 1. The number of anilines is 1. The molecule has 6 nitrogen and oxygen atoms in total. The fourth-order valence-electron chi connectivity index (χ4n) is 3.89. The van der Waals surface area contributed by atoms with E-state index in [9.17, 15) is 13.2 Å². The maximum atomic E-state index is 13.3. The van der Waals surface area contributed by atoms with E-state index in [4.69, 9.17) is 16.6 Å². The summed E-state index contributed by atoms with van der Waals surface area (Å²) in [5, 5.41) is 1.15. The van der Waals surface area contributed by atoms with E-state index < -0.39 is 9.84 Å². The van der Waals surface area contributed by atoms with Gasteiger partial charge >= 0.3 is 0 Å². The number of nitrogens with zero attached hydrogens (tertiary/aromatic N) is 3. The summed E-state index contributed by atoms with van der Waals surface area (Å²) in [5.41, 5.74) is 3.16. The maximum Gasteiger partial charge on any atom is 0.228 e. The van der Waals surface area contributed by atoms with Crippen LogP contribution in [-0.4, -0.2) is 56.1 Å². The van der Waals surface area contributed by atoms with Crippen molar-refractivity contribution < 1.29 is 13.2 Å². The Morgan fingerprint density at radius 3 is 2.38 bits per heavy atom. The minimum absolute atomic E-state index is 0.0948. The monoisotopic (exact) mass is 521 g/mol. The first-order valence-corrected chi connectivity index (χ1v) is 14.4. The summed E-state index contributed by atoms with van der Waals surface area (Å²) in [6, 6.07) is 10.3. The number of aryl methyl sites for hydroxylation is 2. The van der Waals surface area contributed by atoms with Crippen molar-refractivity contribution in [1.82, 2.24) is 9.88 Å². The number of thiazole rings is 1. The lowest BCUT2D eigenvalue weighted by Crippen LogP contribution is -2.38. The zero-order valence-corrected chi connectivity index (χ0v) is 22.6. The van der Waals surface area contributed by atoms with Gasteiger partial charge in [0.05, 0.1) is 20.9 Å². The average Bonchev–Trinajstić information content (AvgIpc) is 3.21. The molecule has 0 N–H and O–H groups in total. The molecule has 0 radical (unpaired) electrons. The average molecular weight is 522 g/mol. The Morgan fingerprint density at radius 2 is 1.74 bits per heavy atom. The summed E-state index contributed by atoms with van der Waals surface area (Å²) >= 11 is 7.38. The minimum atomic E-state index is -3.48. The van der Waals surface area contributed by atoms with Crippen molar-refractivity contribution in [2.45, 2.75) is 45.4 Å². The van der Waals surface area contributed by atoms with E-state index in [1.165, 1.54) is 23.5 Å². The fraction of sp³-hybridized carbons (Fsp3) is 0.440. The molecule has 184 valence electrons. The lowest BCUT2D eigenvalue weighted by atomic mass is 10.1. The lowest BCUT2D eigenvalue weighted by Gasteiger charge is -2.24. The third-order valence-corrected chi connectivity index (χ3v) is 8.96. The van der Waals surface area contributed by atoms with Gasteiger partial charge in [-0.1, -0.05) is 42.9 Å². The molecule has 0 bridgehead atoms. The number of fused-ring (bicyclic) bond motifs is 1. The Morgan fingerprint density at radius 1 is 1.06 bits per heavy atom. The molecule has 0 saturated carbocycles. The standard InChI is InChI=1S/C25H32ClN3O3S2/c1-5-28(6-2)13-14-29(25-27-24-19(4)16-18(3)17-22(24)33-25)23(30)8-7-15-34(31,32)21-11-9-20(26)10-12-21/h9-12,16-17H,5-8,13-15H2,1-4H3. The Labute approximate surface area is 211 Å². The first kappa shape index (κ1) is 26.6. The van der Waals surface area contributed by atoms with Crippen LogP contribution in [0.25, 0.3) is 10.2 Å². The molecule has 0 unspecified atom stereocenters. The van der Waals surface area contributed by atoms with Crippen molar-refractivity contribution in [2.75, 3.05) is 36.8 Å². The largest absolute Gasteiger partial charge is 0.302 e. The van der Waals surface area contributed by atoms with Crippen LogP contribution in [0, 0.1) is 13.8 Å². The van der Waals surface area contributed by atoms with E-state index in [1.54, 1.807) is 17.0 Å². The topological polar surface area (TPSA) is 70.6 Å². The molecular formula is C25H32ClN3O3S2. The highest BCUT2D eigenvalue weighted by Gasteiger charge is 2.22. The van der Waals surface area contributed by atoms with E-state index in [-0.39, 0.29) is 29.4 Å². The first-order valence-electron chi connectivity index (χ1n) is 11.5. The molecule has 1 amide bonds. The second kappa shape index (κ2) is 11.6. The second-order valence-electron chi connectivity index (χ2n) is 8.37. The molecule has 9 heteroatoms. The Bertz CT molecular complexity index is 1240. The van der Waals surface area contributed by atoms with Gasteiger partial charge in [-0.05, 0) is 74.8 Å². The number of amides is 1. The van der Waals surface area contributed by atoms with E-state index in [1.807, 2.05) is 6.92 Å². The van der Waals surface area contributed by atoms with Gasteiger partial charge in [0.15, 0.2) is 15.0 Å². The molecule has 1 heterocycles. The number of hydrogen-bond donors (Lipinski definition) is 0. The number of rotatable bonds is 11. The number of benzene rings is 2. The highest BCUT2D eigenvalue weighted by molar-refractivity contribution is 7.91. The van der Waals surface area contributed by atoms with Crippen LogP contribution in [0.4, 0.5) is 5.13 Å². The molecule has 0 fully saturated rings. The molecule has 2 aromatic carbocycles. The van der Waals surface area contributed by atoms with E-state index in [0.717, 1.165) is 41.0 Å². The highest BCUT2D eigenvalue weighted by Crippen LogP contribution is 2.32. The van der Waals surface area contributed by atoms with Crippen molar-refractivity contribution >= 4 is 54.0 Å². The predicted molar refractivity (Wildman–Crippen MR) is 142 cm³/mol. The van der Waals surface area contributed by atoms with Crippen LogP contribution in [0.2, 0.25) is 5.02 Å². The van der Waals surface area contributed by atoms with Crippen molar-refractivity contribution in [3.05, 3.63) is 52.5 Å². The summed E-state index contributed by atoms with van der Waals surface area (Å²) in [6.45, 7) is 11.3. The minimum Gasteiger partial charge on any atom is -0.302 e. The SMILES string of the molecule is CCN(CC)CCN(C(=O)CCCS(=O)(=O)c1ccc(Cl)cc1)c1nc2c(C)cc(C)cc2s1. The zero-order chi connectivity index (χ0) is 24.9. The van der Waals surface area contributed by atoms with Crippen molar-refractivity contribution in [3.63, 3.8) is 0 Å². The highest BCUT2D eigenvalue weighted by atomic mass is 35.5. The third-order valence-electron chi connectivity index (χ3n) is 5.86. The van der Waals surface area contributed by atoms with E-state index in [2.05, 4.69) is 37.8 Å². The molecule has 1 aromatic heterocycles. The molecule has 0 spiro atoms. The molecule has 3 aromatic rings. The van der Waals surface area contributed by atoms with Crippen molar-refractivity contribution in [1.29, 1.82) is 0 Å². The summed E-state index contributed by atoms with van der Waals surface area (Å²) < 4.78 is 26.4. The van der Waals surface area contributed by atoms with Crippen LogP contribution in [0.15, 0.2) is 41.3 Å². The van der Waals surface area contributed by atoms with Gasteiger partial charge in [-0.2, -0.15) is 0 Å². The van der Waals surface area contributed by atoms with Crippen LogP contribution >= 0.6 is 22.9 Å². The molecule has 0 aliphatic carbocycles. The van der Waals surface area contributed by atoms with Gasteiger partial charge in [-0.25, -0.2) is 13.4 Å². The van der Waals surface area contributed by atoms with Crippen LogP contribution in [0.3, 0.4) is 0 Å². The molecule has 3 rings (SSSR count). The fourth-order valence-corrected chi connectivity index (χ4v) is 6.51. The summed E-state index contributed by atoms with van der Waals surface area (Å²) in [6.07, 6.45) is 0.383. The van der Waals surface area contributed by atoms with Gasteiger partial charge < -0.3 is 4.90 Å². The number of halogens is 1. The molecule has 0 aliphatic rings. The lowest BCUT2D eigenvalue weighted by molar-refractivity contribution is -0.118. The second-order valence-corrected chi connectivity index (χ2v) is 11.9. The summed E-state index contributed by atoms with van der Waals surface area (Å²) in [5.74, 6) is -0.200. The zero-order valence-electron chi connectivity index (χ0n) is 20.2. The Balaban J connectivity index is 1.77. The van der Waals surface area contributed by atoms with Crippen LogP contribution in [0.1, 0.15) is 37.8 Å². The summed E-state index contributed by atoms with van der Waals surface area (Å²) in [4.78, 5) is 22.3. The Hall–Kier alpha value is -2.00. The molecule has 0 aliphatic heterocycles. The molecule has 0 saturated heterocycles. The Kier molecular flexibility index (Phi) is 9.09. The van der Waals surface area contributed by atoms with Crippen LogP contribution in [-0.2, 0) is 14.6 Å². The number of carbonyl (C=O) groups excluding carboxylic acids is 1. The van der Waals surface area contributed by atoms with Crippen molar-refractivity contribution in [3.8, 4) is 0 Å². The van der Waals surface area contributed by atoms with Gasteiger partial charge in [0.25, 0.3) is 0 Å². The number of aromatic nitrogens is 1. The van der Waals surface area contributed by atoms with Crippen molar-refractivity contribution in [2.24, 2.45) is 0 Å². The van der Waals surface area contributed by atoms with Gasteiger partial charge in [0, 0.05) is 24.5 Å². The molecular weight excluding hydrogens is 490 g/mol. The van der Waals surface area contributed by atoms with Crippen LogP contribution < -0.4 is 4.90 Å². The van der Waals surface area contributed by atoms with Gasteiger partial charge in [0.2, 0.25) is 5.91 Å². The maximum absolute atomic E-state index is 13.3. The number of likely N-dealkylation sites (N-methyl/N-ethyl adjacent to an activating group) is 1. The quantitative estimate of drug-likeness (QED) is 0.333. The number of sulfone groups is 1. The van der Waals surface area contributed by atoms with Gasteiger partial charge in [-0.3, -0.25) is 9.69 Å². The third kappa shape index (κ3) is 6.56.